The van der Waals surface area contributed by atoms with Gasteiger partial charge in [-0.2, -0.15) is 5.10 Å². The number of phenolic OH excluding ortho intramolecular Hbond substituents is 1. The predicted octanol–water partition coefficient (Wildman–Crippen LogP) is 4.55. The summed E-state index contributed by atoms with van der Waals surface area (Å²) >= 11 is 0. The van der Waals surface area contributed by atoms with Crippen LogP contribution in [0.5, 0.6) is 5.75 Å². The molecule has 0 spiro atoms. The van der Waals surface area contributed by atoms with Gasteiger partial charge in [-0.15, -0.1) is 6.42 Å². The van der Waals surface area contributed by atoms with Gasteiger partial charge in [0.1, 0.15) is 28.6 Å². The number of pyridine rings is 1. The molecule has 0 amide bonds. The second-order valence-electron chi connectivity index (χ2n) is 10.4. The summed E-state index contributed by atoms with van der Waals surface area (Å²) in [6.07, 6.45) is 7.57. The molecule has 8 heteroatoms. The molecule has 3 fully saturated rings. The Hall–Kier alpha value is -3.70. The Balaban J connectivity index is 1.57. The smallest absolute Gasteiger partial charge is 0.175 e. The van der Waals surface area contributed by atoms with E-state index in [0.29, 0.717) is 39.9 Å². The minimum atomic E-state index is -0.578. The maximum Gasteiger partial charge on any atom is 0.175 e. The van der Waals surface area contributed by atoms with Crippen molar-refractivity contribution >= 4 is 27.5 Å². The lowest BCUT2D eigenvalue weighted by Crippen LogP contribution is -2.15. The summed E-state index contributed by atoms with van der Waals surface area (Å²) in [5, 5.41) is 20.5. The zero-order valence-corrected chi connectivity index (χ0v) is 20.0. The monoisotopic (exact) mass is 485 g/mol. The van der Waals surface area contributed by atoms with E-state index in [9.17, 15) is 9.50 Å². The number of piperidine rings is 1. The molecule has 2 saturated carbocycles. The number of nitrogens with zero attached hydrogens (tertiary/aromatic N) is 4. The summed E-state index contributed by atoms with van der Waals surface area (Å²) in [6, 6.07) is 5.85. The van der Waals surface area contributed by atoms with Crippen molar-refractivity contribution in [3.05, 3.63) is 47.2 Å². The van der Waals surface area contributed by atoms with Crippen molar-refractivity contribution in [2.45, 2.75) is 24.8 Å². The zero-order chi connectivity index (χ0) is 24.9. The molecule has 6 nitrogen and oxygen atoms in total. The first-order valence-corrected chi connectivity index (χ1v) is 12.3. The molecule has 3 atom stereocenters. The van der Waals surface area contributed by atoms with Crippen molar-refractivity contribution in [2.75, 3.05) is 32.1 Å². The van der Waals surface area contributed by atoms with E-state index in [0.717, 1.165) is 37.0 Å². The minimum absolute atomic E-state index is 0.0184. The normalized spacial score (nSPS) is 22.7. The number of anilines is 1. The average molecular weight is 486 g/mol. The third-order valence-electron chi connectivity index (χ3n) is 7.97. The van der Waals surface area contributed by atoms with Gasteiger partial charge in [0, 0.05) is 31.0 Å². The Bertz CT molecular complexity index is 1620. The molecular formula is C28H25F2N5O. The standard InChI is InChI=1S/C28H25F2N5O/c1-4-16-20(29)8-5-13-9-15(36)10-17(21(13)16)25-24(30)27-23(28(32-25)34(2)3)26(33-35(27)14-6-7-14)22-18-11-31-12-19(18)22/h1,5,8-10,14,18-19,22,31,36H,6-7,11-12H2,2-3H3/t18-,19+,22?. The second kappa shape index (κ2) is 7.40. The fourth-order valence-corrected chi connectivity index (χ4v) is 6.10. The molecule has 1 aliphatic heterocycles. The SMILES string of the molecule is C#Cc1c(F)ccc2cc(O)cc(-c3nc(N(C)C)c4c(C5[C@H]6CNC[C@@H]56)nn(C5CC5)c4c3F)c12. The highest BCUT2D eigenvalue weighted by Gasteiger charge is 2.56. The van der Waals surface area contributed by atoms with Crippen LogP contribution in [0.3, 0.4) is 0 Å². The van der Waals surface area contributed by atoms with Crippen molar-refractivity contribution in [3.63, 3.8) is 0 Å². The van der Waals surface area contributed by atoms with Gasteiger partial charge < -0.3 is 15.3 Å². The molecule has 3 heterocycles. The van der Waals surface area contributed by atoms with E-state index >= 15 is 4.39 Å². The van der Waals surface area contributed by atoms with Gasteiger partial charge in [0.25, 0.3) is 0 Å². The van der Waals surface area contributed by atoms with E-state index in [1.807, 2.05) is 23.7 Å². The highest BCUT2D eigenvalue weighted by atomic mass is 19.1. The number of fused-ring (bicyclic) bond motifs is 3. The Morgan fingerprint density at radius 3 is 2.56 bits per heavy atom. The lowest BCUT2D eigenvalue weighted by Gasteiger charge is -2.18. The lowest BCUT2D eigenvalue weighted by atomic mass is 9.95. The Kier molecular flexibility index (Phi) is 4.44. The highest BCUT2D eigenvalue weighted by Crippen LogP contribution is 2.58. The summed E-state index contributed by atoms with van der Waals surface area (Å²) in [5.74, 6) is 3.17. The molecule has 0 bridgehead atoms. The van der Waals surface area contributed by atoms with Crippen LogP contribution < -0.4 is 10.2 Å². The number of nitrogens with one attached hydrogen (secondary N) is 1. The first-order chi connectivity index (χ1) is 17.4. The van der Waals surface area contributed by atoms with Crippen LogP contribution in [0.2, 0.25) is 0 Å². The van der Waals surface area contributed by atoms with E-state index in [2.05, 4.69) is 11.2 Å². The number of hydrogen-bond acceptors (Lipinski definition) is 5. The number of aromatic nitrogens is 3. The summed E-state index contributed by atoms with van der Waals surface area (Å²) in [4.78, 5) is 6.68. The van der Waals surface area contributed by atoms with Crippen molar-refractivity contribution in [1.29, 1.82) is 0 Å². The Morgan fingerprint density at radius 2 is 1.89 bits per heavy atom. The summed E-state index contributed by atoms with van der Waals surface area (Å²) < 4.78 is 33.2. The number of phenols is 1. The van der Waals surface area contributed by atoms with Gasteiger partial charge in [0.15, 0.2) is 5.82 Å². The van der Waals surface area contributed by atoms with Crippen LogP contribution in [-0.4, -0.2) is 47.1 Å². The number of aromatic hydroxyl groups is 1. The van der Waals surface area contributed by atoms with E-state index < -0.39 is 11.6 Å². The average Bonchev–Trinajstić information content (AvgIpc) is 3.73. The second-order valence-corrected chi connectivity index (χ2v) is 10.4. The molecule has 2 aromatic heterocycles. The van der Waals surface area contributed by atoms with Crippen molar-refractivity contribution in [2.24, 2.45) is 11.8 Å². The van der Waals surface area contributed by atoms with E-state index in [-0.39, 0.29) is 28.6 Å². The fraction of sp³-hybridized carbons (Fsp3) is 0.357. The molecule has 2 aliphatic carbocycles. The van der Waals surface area contributed by atoms with Crippen LogP contribution in [0.4, 0.5) is 14.6 Å². The number of halogens is 2. The molecule has 36 heavy (non-hydrogen) atoms. The number of terminal acetylenes is 1. The third kappa shape index (κ3) is 2.93. The van der Waals surface area contributed by atoms with Crippen LogP contribution in [0, 0.1) is 35.8 Å². The topological polar surface area (TPSA) is 66.2 Å². The molecule has 2 N–H and O–H groups in total. The maximum atomic E-state index is 16.6. The molecule has 4 aromatic rings. The maximum absolute atomic E-state index is 16.6. The van der Waals surface area contributed by atoms with Gasteiger partial charge in [0.05, 0.1) is 22.7 Å². The zero-order valence-electron chi connectivity index (χ0n) is 20.0. The van der Waals surface area contributed by atoms with E-state index in [1.165, 1.54) is 24.3 Å². The van der Waals surface area contributed by atoms with Crippen LogP contribution >= 0.6 is 0 Å². The van der Waals surface area contributed by atoms with Gasteiger partial charge in [-0.1, -0.05) is 12.0 Å². The molecule has 1 saturated heterocycles. The quantitative estimate of drug-likeness (QED) is 0.415. The van der Waals surface area contributed by atoms with Crippen molar-refractivity contribution < 1.29 is 13.9 Å². The highest BCUT2D eigenvalue weighted by molar-refractivity contribution is 6.04. The van der Waals surface area contributed by atoms with Gasteiger partial charge in [-0.3, -0.25) is 4.68 Å². The van der Waals surface area contributed by atoms with Crippen molar-refractivity contribution in [3.8, 4) is 29.4 Å². The van der Waals surface area contributed by atoms with E-state index in [1.54, 1.807) is 0 Å². The van der Waals surface area contributed by atoms with Gasteiger partial charge in [-0.25, -0.2) is 13.8 Å². The Labute approximate surface area is 206 Å². The fourth-order valence-electron chi connectivity index (χ4n) is 6.10. The van der Waals surface area contributed by atoms with E-state index in [4.69, 9.17) is 16.5 Å². The first kappa shape index (κ1) is 21.6. The predicted molar refractivity (Wildman–Crippen MR) is 135 cm³/mol. The van der Waals surface area contributed by atoms with Crippen LogP contribution in [0.15, 0.2) is 24.3 Å². The third-order valence-corrected chi connectivity index (χ3v) is 7.97. The molecule has 2 aromatic carbocycles. The van der Waals surface area contributed by atoms with Gasteiger partial charge in [-0.05, 0) is 61.4 Å². The summed E-state index contributed by atoms with van der Waals surface area (Å²) in [5.41, 5.74) is 1.66. The van der Waals surface area contributed by atoms with Crippen LogP contribution in [-0.2, 0) is 0 Å². The largest absolute Gasteiger partial charge is 0.508 e. The number of rotatable bonds is 4. The van der Waals surface area contributed by atoms with Crippen LogP contribution in [0.1, 0.15) is 36.1 Å². The van der Waals surface area contributed by atoms with Gasteiger partial charge >= 0.3 is 0 Å². The summed E-state index contributed by atoms with van der Waals surface area (Å²) in [6.45, 7) is 1.90. The van der Waals surface area contributed by atoms with Crippen molar-refractivity contribution in [1.82, 2.24) is 20.1 Å². The number of benzene rings is 2. The molecule has 1 unspecified atom stereocenters. The Morgan fingerprint density at radius 1 is 1.14 bits per heavy atom. The first-order valence-electron chi connectivity index (χ1n) is 12.3. The molecule has 0 radical (unpaired) electrons. The van der Waals surface area contributed by atoms with Crippen LogP contribution in [0.25, 0.3) is 32.9 Å². The lowest BCUT2D eigenvalue weighted by molar-refractivity contribution is 0.476. The minimum Gasteiger partial charge on any atom is -0.508 e. The molecule has 182 valence electrons. The molecule has 7 rings (SSSR count). The molecule has 3 aliphatic rings. The summed E-state index contributed by atoms with van der Waals surface area (Å²) in [7, 11) is 3.76. The molecular weight excluding hydrogens is 460 g/mol. The number of hydrogen-bond donors (Lipinski definition) is 2. The van der Waals surface area contributed by atoms with Gasteiger partial charge in [0.2, 0.25) is 0 Å².